The van der Waals surface area contributed by atoms with Crippen molar-refractivity contribution in [2.24, 2.45) is 11.8 Å². The van der Waals surface area contributed by atoms with Gasteiger partial charge in [-0.3, -0.25) is 9.69 Å². The molecule has 0 radical (unpaired) electrons. The molecule has 1 amide bonds. The lowest BCUT2D eigenvalue weighted by atomic mass is 10.1. The second-order valence-corrected chi connectivity index (χ2v) is 6.37. The molecule has 0 aromatic heterocycles. The van der Waals surface area contributed by atoms with Crippen LogP contribution in [-0.2, 0) is 11.3 Å². The van der Waals surface area contributed by atoms with Crippen LogP contribution in [-0.4, -0.2) is 48.8 Å². The molecular formula is C17H24N2O3. The molecule has 0 unspecified atom stereocenters. The number of nitrogens with one attached hydrogen (secondary N) is 1. The first-order valence-electron chi connectivity index (χ1n) is 7.96. The van der Waals surface area contributed by atoms with Crippen LogP contribution in [0.1, 0.15) is 18.4 Å². The van der Waals surface area contributed by atoms with E-state index in [9.17, 15) is 9.90 Å². The number of amides is 1. The Morgan fingerprint density at radius 3 is 2.64 bits per heavy atom. The molecule has 1 saturated carbocycles. The van der Waals surface area contributed by atoms with Gasteiger partial charge in [-0.1, -0.05) is 12.1 Å². The molecular weight excluding hydrogens is 280 g/mol. The maximum atomic E-state index is 11.9. The number of nitrogens with zero attached hydrogens (tertiary/aromatic N) is 1. The largest absolute Gasteiger partial charge is 0.497 e. The van der Waals surface area contributed by atoms with Crippen molar-refractivity contribution in [2.75, 3.05) is 26.8 Å². The number of methoxy groups -OCH3 is 1. The van der Waals surface area contributed by atoms with E-state index in [1.807, 2.05) is 12.1 Å². The van der Waals surface area contributed by atoms with E-state index in [1.165, 1.54) is 5.56 Å². The van der Waals surface area contributed by atoms with Crippen molar-refractivity contribution in [2.45, 2.75) is 25.4 Å². The van der Waals surface area contributed by atoms with Crippen LogP contribution in [0.15, 0.2) is 24.3 Å². The van der Waals surface area contributed by atoms with Crippen molar-refractivity contribution in [3.63, 3.8) is 0 Å². The lowest BCUT2D eigenvalue weighted by molar-refractivity contribution is -0.123. The lowest BCUT2D eigenvalue weighted by Gasteiger charge is -2.18. The Morgan fingerprint density at radius 2 is 2.05 bits per heavy atom. The van der Waals surface area contributed by atoms with Crippen LogP contribution in [0.4, 0.5) is 0 Å². The van der Waals surface area contributed by atoms with Gasteiger partial charge in [0.05, 0.1) is 7.11 Å². The summed E-state index contributed by atoms with van der Waals surface area (Å²) in [6.07, 6.45) is 2.02. The summed E-state index contributed by atoms with van der Waals surface area (Å²) >= 11 is 0. The zero-order chi connectivity index (χ0) is 15.5. The molecule has 1 aliphatic heterocycles. The highest BCUT2D eigenvalue weighted by molar-refractivity contribution is 5.81. The fraction of sp³-hybridized carbons (Fsp3) is 0.588. The fourth-order valence-corrected chi connectivity index (χ4v) is 3.07. The van der Waals surface area contributed by atoms with Crippen molar-refractivity contribution >= 4 is 5.91 Å². The first-order chi connectivity index (χ1) is 10.7. The van der Waals surface area contributed by atoms with Crippen LogP contribution in [0.2, 0.25) is 0 Å². The standard InChI is InChI=1S/C17H24N2O3/c1-22-15-6-2-12(3-7-15)8-19-9-14(11-20)16(10-19)18-17(21)13-4-5-13/h2-3,6-7,13-14,16,20H,4-5,8-11H2,1H3,(H,18,21)/t14-,16+/m0/s1. The van der Waals surface area contributed by atoms with E-state index < -0.39 is 0 Å². The average Bonchev–Trinajstić information content (AvgIpc) is 3.32. The highest BCUT2D eigenvalue weighted by Gasteiger charge is 2.37. The quantitative estimate of drug-likeness (QED) is 0.823. The summed E-state index contributed by atoms with van der Waals surface area (Å²) in [6.45, 7) is 2.57. The van der Waals surface area contributed by atoms with Gasteiger partial charge in [-0.05, 0) is 30.5 Å². The number of aliphatic hydroxyl groups is 1. The van der Waals surface area contributed by atoms with Crippen LogP contribution in [0, 0.1) is 11.8 Å². The van der Waals surface area contributed by atoms with Gasteiger partial charge in [-0.15, -0.1) is 0 Å². The summed E-state index contributed by atoms with van der Waals surface area (Å²) < 4.78 is 5.17. The Bertz CT molecular complexity index is 513. The van der Waals surface area contributed by atoms with Crippen LogP contribution >= 0.6 is 0 Å². The van der Waals surface area contributed by atoms with Gasteiger partial charge in [-0.2, -0.15) is 0 Å². The SMILES string of the molecule is COc1ccc(CN2C[C@@H](CO)[C@H](NC(=O)C3CC3)C2)cc1. The number of carbonyl (C=O) groups is 1. The molecule has 1 saturated heterocycles. The predicted molar refractivity (Wildman–Crippen MR) is 83.5 cm³/mol. The van der Waals surface area contributed by atoms with E-state index in [-0.39, 0.29) is 30.4 Å². The van der Waals surface area contributed by atoms with Crippen LogP contribution < -0.4 is 10.1 Å². The minimum absolute atomic E-state index is 0.0661. The van der Waals surface area contributed by atoms with Gasteiger partial charge in [-0.25, -0.2) is 0 Å². The second kappa shape index (κ2) is 6.67. The summed E-state index contributed by atoms with van der Waals surface area (Å²) in [7, 11) is 1.66. The Balaban J connectivity index is 1.56. The molecule has 0 bridgehead atoms. The average molecular weight is 304 g/mol. The number of carbonyl (C=O) groups excluding carboxylic acids is 1. The molecule has 2 fully saturated rings. The van der Waals surface area contributed by atoms with E-state index in [2.05, 4.69) is 22.3 Å². The third-order valence-electron chi connectivity index (χ3n) is 4.59. The van der Waals surface area contributed by atoms with Crippen molar-refractivity contribution in [1.82, 2.24) is 10.2 Å². The Hall–Kier alpha value is -1.59. The molecule has 2 N–H and O–H groups in total. The normalized spacial score (nSPS) is 25.2. The first-order valence-corrected chi connectivity index (χ1v) is 7.96. The molecule has 1 aromatic carbocycles. The van der Waals surface area contributed by atoms with E-state index in [4.69, 9.17) is 4.74 Å². The Labute approximate surface area is 131 Å². The number of aliphatic hydroxyl groups excluding tert-OH is 1. The van der Waals surface area contributed by atoms with Crippen LogP contribution in [0.5, 0.6) is 5.75 Å². The summed E-state index contributed by atoms with van der Waals surface area (Å²) in [5.74, 6) is 1.36. The van der Waals surface area contributed by atoms with Gasteiger partial charge in [0, 0.05) is 44.1 Å². The summed E-state index contributed by atoms with van der Waals surface area (Å²) in [4.78, 5) is 14.2. The molecule has 2 atom stereocenters. The van der Waals surface area contributed by atoms with E-state index in [1.54, 1.807) is 7.11 Å². The molecule has 22 heavy (non-hydrogen) atoms. The third kappa shape index (κ3) is 3.59. The van der Waals surface area contributed by atoms with Crippen molar-refractivity contribution in [3.8, 4) is 5.75 Å². The fourth-order valence-electron chi connectivity index (χ4n) is 3.07. The van der Waals surface area contributed by atoms with E-state index >= 15 is 0 Å². The first kappa shape index (κ1) is 15.3. The number of rotatable bonds is 6. The van der Waals surface area contributed by atoms with Crippen molar-refractivity contribution in [1.29, 1.82) is 0 Å². The Kier molecular flexibility index (Phi) is 4.64. The van der Waals surface area contributed by atoms with Gasteiger partial charge in [0.2, 0.25) is 5.91 Å². The molecule has 1 aromatic rings. The van der Waals surface area contributed by atoms with Gasteiger partial charge in [0.1, 0.15) is 5.75 Å². The smallest absolute Gasteiger partial charge is 0.223 e. The van der Waals surface area contributed by atoms with E-state index in [0.717, 1.165) is 38.2 Å². The summed E-state index contributed by atoms with van der Waals surface area (Å²) in [5, 5.41) is 12.7. The molecule has 2 aliphatic rings. The molecule has 3 rings (SSSR count). The monoisotopic (exact) mass is 304 g/mol. The minimum Gasteiger partial charge on any atom is -0.497 e. The maximum Gasteiger partial charge on any atom is 0.223 e. The number of hydrogen-bond acceptors (Lipinski definition) is 4. The number of likely N-dealkylation sites (tertiary alicyclic amines) is 1. The molecule has 0 spiro atoms. The zero-order valence-corrected chi connectivity index (χ0v) is 13.0. The van der Waals surface area contributed by atoms with Crippen LogP contribution in [0.3, 0.4) is 0 Å². The predicted octanol–water partition coefficient (Wildman–Crippen LogP) is 1.01. The maximum absolute atomic E-state index is 11.9. The molecule has 5 nitrogen and oxygen atoms in total. The zero-order valence-electron chi connectivity index (χ0n) is 13.0. The summed E-state index contributed by atoms with van der Waals surface area (Å²) in [6, 6.07) is 8.10. The van der Waals surface area contributed by atoms with Crippen molar-refractivity contribution < 1.29 is 14.6 Å². The third-order valence-corrected chi connectivity index (χ3v) is 4.59. The van der Waals surface area contributed by atoms with Gasteiger partial charge >= 0.3 is 0 Å². The summed E-state index contributed by atoms with van der Waals surface area (Å²) in [5.41, 5.74) is 1.21. The van der Waals surface area contributed by atoms with Gasteiger partial charge < -0.3 is 15.2 Å². The number of ether oxygens (including phenoxy) is 1. The van der Waals surface area contributed by atoms with Crippen LogP contribution in [0.25, 0.3) is 0 Å². The molecule has 5 heteroatoms. The second-order valence-electron chi connectivity index (χ2n) is 6.37. The van der Waals surface area contributed by atoms with E-state index in [0.29, 0.717) is 0 Å². The molecule has 1 aliphatic carbocycles. The van der Waals surface area contributed by atoms with Crippen molar-refractivity contribution in [3.05, 3.63) is 29.8 Å². The van der Waals surface area contributed by atoms with Gasteiger partial charge in [0.15, 0.2) is 0 Å². The highest BCUT2D eigenvalue weighted by Crippen LogP contribution is 2.30. The molecule has 120 valence electrons. The minimum atomic E-state index is 0.0661. The number of hydrogen-bond donors (Lipinski definition) is 2. The number of benzene rings is 1. The van der Waals surface area contributed by atoms with Gasteiger partial charge in [0.25, 0.3) is 0 Å². The topological polar surface area (TPSA) is 61.8 Å². The highest BCUT2D eigenvalue weighted by atomic mass is 16.5. The molecule has 1 heterocycles. The Morgan fingerprint density at radius 1 is 1.32 bits per heavy atom. The lowest BCUT2D eigenvalue weighted by Crippen LogP contribution is -2.42.